The van der Waals surface area contributed by atoms with Gasteiger partial charge in [-0.2, -0.15) is 0 Å². The number of rotatable bonds is 0. The summed E-state index contributed by atoms with van der Waals surface area (Å²) in [7, 11) is 0. The van der Waals surface area contributed by atoms with E-state index in [2.05, 4.69) is 4.98 Å². The monoisotopic (exact) mass is 217 g/mol. The van der Waals surface area contributed by atoms with E-state index in [0.717, 1.165) is 5.39 Å². The topological polar surface area (TPSA) is 33.1 Å². The van der Waals surface area contributed by atoms with Crippen molar-refractivity contribution in [3.8, 4) is 5.75 Å². The summed E-state index contributed by atoms with van der Waals surface area (Å²) < 4.78 is 0. The molecule has 2 rings (SSSR count). The molecule has 0 aliphatic carbocycles. The van der Waals surface area contributed by atoms with E-state index in [9.17, 15) is 5.11 Å². The van der Waals surface area contributed by atoms with Crippen LogP contribution < -0.4 is 0 Å². The van der Waals surface area contributed by atoms with Crippen LogP contribution in [0.2, 0.25) is 0 Å². The summed E-state index contributed by atoms with van der Waals surface area (Å²) in [6.45, 7) is 0. The molecule has 3 heteroatoms. The average molecular weight is 218 g/mol. The predicted octanol–water partition coefficient (Wildman–Crippen LogP) is 0.756. The second kappa shape index (κ2) is 3.65. The number of nitrogens with zero attached hydrogens (tertiary/aromatic N) is 1. The summed E-state index contributed by atoms with van der Waals surface area (Å²) >= 11 is 0. The van der Waals surface area contributed by atoms with Gasteiger partial charge < -0.3 is 5.11 Å². The van der Waals surface area contributed by atoms with Gasteiger partial charge >= 0.3 is 19.8 Å². The summed E-state index contributed by atoms with van der Waals surface area (Å²) in [5, 5.41) is 10.3. The van der Waals surface area contributed by atoms with Crippen molar-refractivity contribution in [1.82, 2.24) is 4.98 Å². The van der Waals surface area contributed by atoms with E-state index < -0.39 is 0 Å². The second-order valence-electron chi connectivity index (χ2n) is 2.35. The van der Waals surface area contributed by atoms with Gasteiger partial charge in [0.05, 0.1) is 0 Å². The molecule has 0 aliphatic rings. The third-order valence-electron chi connectivity index (χ3n) is 1.61. The van der Waals surface area contributed by atoms with Gasteiger partial charge in [0.15, 0.2) is 0 Å². The fourth-order valence-corrected chi connectivity index (χ4v) is 1.09. The van der Waals surface area contributed by atoms with E-state index in [-0.39, 0.29) is 25.5 Å². The zero-order valence-corrected chi connectivity index (χ0v) is 5.86. The quantitative estimate of drug-likeness (QED) is 0.662. The fourth-order valence-electron chi connectivity index (χ4n) is 1.09. The summed E-state index contributed by atoms with van der Waals surface area (Å²) in [5.41, 5.74) is 0.662. The first-order valence-corrected chi connectivity index (χ1v) is 3.40. The van der Waals surface area contributed by atoms with Gasteiger partial charge in [-0.25, -0.2) is 0 Å². The van der Waals surface area contributed by atoms with E-state index in [0.29, 0.717) is 5.52 Å². The third kappa shape index (κ3) is 1.47. The summed E-state index contributed by atoms with van der Waals surface area (Å²) in [6.07, 6.45) is 1.67. The molecule has 12 heavy (non-hydrogen) atoms. The first-order chi connectivity index (χ1) is 5.38. The van der Waals surface area contributed by atoms with Crippen molar-refractivity contribution in [3.05, 3.63) is 36.5 Å². The van der Waals surface area contributed by atoms with Gasteiger partial charge in [-0.05, 0) is 12.1 Å². The number of phenolic OH excluding ortho intramolecular Hbond substituents is 1. The molecule has 1 aromatic heterocycles. The number of aromatic hydroxyl groups is 1. The molecule has 0 bridgehead atoms. The van der Waals surface area contributed by atoms with Crippen molar-refractivity contribution in [2.45, 2.75) is 0 Å². The Morgan fingerprint density at radius 2 is 1.83 bits per heavy atom. The number of hydrogen-bond acceptors (Lipinski definition) is 2. The molecule has 0 saturated heterocycles. The van der Waals surface area contributed by atoms with Gasteiger partial charge in [0, 0.05) is 11.6 Å². The molecule has 1 N–H and O–H groups in total. The Hall–Kier alpha value is -0.934. The maximum atomic E-state index is 9.31. The van der Waals surface area contributed by atoms with Crippen LogP contribution in [0, 0.1) is 0 Å². The number of pyridine rings is 1. The van der Waals surface area contributed by atoms with Crippen molar-refractivity contribution in [3.63, 3.8) is 0 Å². The standard InChI is InChI=1S/C9H7NO.Ga.3H/c11-8-5-1-3-7-4-2-6-10-9(7)8;;;;/h1-6,11H;;;;. The molecule has 1 heterocycles. The molecule has 0 saturated carbocycles. The van der Waals surface area contributed by atoms with Gasteiger partial charge in [-0.15, -0.1) is 0 Å². The van der Waals surface area contributed by atoms with Crippen molar-refractivity contribution in [2.75, 3.05) is 0 Å². The second-order valence-corrected chi connectivity index (χ2v) is 2.35. The van der Waals surface area contributed by atoms with Crippen LogP contribution in [0.3, 0.4) is 0 Å². The van der Waals surface area contributed by atoms with Gasteiger partial charge in [-0.3, -0.25) is 4.98 Å². The predicted molar refractivity (Wildman–Crippen MR) is 53.3 cm³/mol. The molecule has 0 fully saturated rings. The molecular formula is C9H10GaNO. The summed E-state index contributed by atoms with van der Waals surface area (Å²) in [6, 6.07) is 9.13. The average Bonchev–Trinajstić information content (AvgIpc) is 2.06. The Morgan fingerprint density at radius 3 is 2.58 bits per heavy atom. The zero-order chi connectivity index (χ0) is 7.68. The third-order valence-corrected chi connectivity index (χ3v) is 1.61. The van der Waals surface area contributed by atoms with Crippen molar-refractivity contribution < 1.29 is 5.11 Å². The molecule has 60 valence electrons. The number of fused-ring (bicyclic) bond motifs is 1. The Balaban J connectivity index is 0.000000720. The molecule has 0 radical (unpaired) electrons. The first-order valence-electron chi connectivity index (χ1n) is 3.40. The zero-order valence-electron chi connectivity index (χ0n) is 5.86. The first kappa shape index (κ1) is 9.16. The minimum atomic E-state index is 0. The number of phenols is 1. The number of aromatic nitrogens is 1. The van der Waals surface area contributed by atoms with Crippen LogP contribution >= 0.6 is 0 Å². The SMILES string of the molecule is Oc1cccc2cccnc12.[GaH3]. The van der Waals surface area contributed by atoms with Crippen LogP contribution in [0.4, 0.5) is 0 Å². The number of para-hydroxylation sites is 1. The molecule has 0 amide bonds. The van der Waals surface area contributed by atoms with Crippen molar-refractivity contribution >= 4 is 30.7 Å². The minimum absolute atomic E-state index is 0. The number of benzene rings is 1. The van der Waals surface area contributed by atoms with Crippen LogP contribution in [0.15, 0.2) is 36.5 Å². The van der Waals surface area contributed by atoms with E-state index in [1.54, 1.807) is 18.3 Å². The Bertz CT molecular complexity index is 384. The Labute approximate surface area is 83.3 Å². The van der Waals surface area contributed by atoms with Crippen molar-refractivity contribution in [2.24, 2.45) is 0 Å². The van der Waals surface area contributed by atoms with Crippen molar-refractivity contribution in [1.29, 1.82) is 0 Å². The van der Waals surface area contributed by atoms with Crippen LogP contribution in [-0.2, 0) is 0 Å². The molecule has 0 atom stereocenters. The number of hydrogen-bond donors (Lipinski definition) is 1. The maximum absolute atomic E-state index is 9.31. The molecule has 2 aromatic rings. The molecule has 2 nitrogen and oxygen atoms in total. The molecule has 0 aliphatic heterocycles. The van der Waals surface area contributed by atoms with Crippen LogP contribution in [0.25, 0.3) is 10.9 Å². The van der Waals surface area contributed by atoms with Crippen LogP contribution in [0.1, 0.15) is 0 Å². The van der Waals surface area contributed by atoms with Gasteiger partial charge in [0.2, 0.25) is 0 Å². The van der Waals surface area contributed by atoms with Crippen LogP contribution in [0.5, 0.6) is 5.75 Å². The van der Waals surface area contributed by atoms with Gasteiger partial charge in [0.1, 0.15) is 11.3 Å². The molecule has 1 aromatic carbocycles. The summed E-state index contributed by atoms with van der Waals surface area (Å²) in [4.78, 5) is 4.03. The van der Waals surface area contributed by atoms with Gasteiger partial charge in [0.25, 0.3) is 0 Å². The Morgan fingerprint density at radius 1 is 1.08 bits per heavy atom. The molecule has 0 unspecified atom stereocenters. The molecule has 0 spiro atoms. The van der Waals surface area contributed by atoms with Crippen LogP contribution in [-0.4, -0.2) is 29.9 Å². The Kier molecular flexibility index (Phi) is 2.78. The van der Waals surface area contributed by atoms with Gasteiger partial charge in [-0.1, -0.05) is 18.2 Å². The van der Waals surface area contributed by atoms with E-state index in [1.807, 2.05) is 18.2 Å². The normalized spacial score (nSPS) is 9.33. The van der Waals surface area contributed by atoms with E-state index in [4.69, 9.17) is 0 Å². The van der Waals surface area contributed by atoms with E-state index in [1.165, 1.54) is 0 Å². The summed E-state index contributed by atoms with van der Waals surface area (Å²) in [5.74, 6) is 0.239. The van der Waals surface area contributed by atoms with E-state index >= 15 is 0 Å². The molecular weight excluding hydrogens is 208 g/mol. The fraction of sp³-hybridized carbons (Fsp3) is 0.